The molecule has 1 heterocycles. The Kier molecular flexibility index (Phi) is 6.40. The number of methoxy groups -OCH3 is 1. The number of thioether (sulfide) groups is 1. The maximum absolute atomic E-state index is 12.4. The molecule has 0 spiro atoms. The minimum atomic E-state index is -1.57. The molecule has 1 aromatic rings. The van der Waals surface area contributed by atoms with Crippen molar-refractivity contribution >= 4 is 46.3 Å². The lowest BCUT2D eigenvalue weighted by atomic mass is 10.1. The lowest BCUT2D eigenvalue weighted by molar-refractivity contribution is -0.311. The van der Waals surface area contributed by atoms with Gasteiger partial charge in [0.05, 0.1) is 31.2 Å². The summed E-state index contributed by atoms with van der Waals surface area (Å²) in [4.78, 5) is 24.6. The number of carbonyl (C=O) groups is 2. The van der Waals surface area contributed by atoms with Crippen molar-refractivity contribution in [2.75, 3.05) is 20.3 Å². The Bertz CT molecular complexity index is 733. The molecule has 1 atom stereocenters. The van der Waals surface area contributed by atoms with Gasteiger partial charge in [-0.3, -0.25) is 9.69 Å². The van der Waals surface area contributed by atoms with Crippen LogP contribution in [0.4, 0.5) is 0 Å². The maximum atomic E-state index is 12.4. The summed E-state index contributed by atoms with van der Waals surface area (Å²) in [6.07, 6.45) is 1.57. The number of amides is 1. The van der Waals surface area contributed by atoms with Crippen molar-refractivity contribution in [3.8, 4) is 11.5 Å². The van der Waals surface area contributed by atoms with Crippen LogP contribution in [0, 0.1) is 0 Å². The molecular weight excluding hydrogens is 366 g/mol. The lowest BCUT2D eigenvalue weighted by Crippen LogP contribution is -2.51. The Hall–Kier alpha value is -2.10. The standard InChI is InChI=1S/C16H17NO6S2/c1-3-23-11-5-4-9(6-12(11)22-2)7-13-14(19)17(16(24)25-13)10(8-18)15(20)21/h4-7,10,18H,3,8H2,1-2H3,(H,20,21)/p-1/b13-7-/t10-/m0/s1. The number of carboxylic acid groups (broad SMARTS) is 1. The first kappa shape index (κ1) is 19.2. The smallest absolute Gasteiger partial charge is 0.266 e. The highest BCUT2D eigenvalue weighted by atomic mass is 32.2. The number of hydrogen-bond acceptors (Lipinski definition) is 8. The molecule has 2 rings (SSSR count). The number of carboxylic acids is 1. The number of hydrogen-bond donors (Lipinski definition) is 1. The maximum Gasteiger partial charge on any atom is 0.266 e. The van der Waals surface area contributed by atoms with Crippen LogP contribution in [0.25, 0.3) is 6.08 Å². The Labute approximate surface area is 154 Å². The molecule has 1 aromatic carbocycles. The first-order valence-corrected chi connectivity index (χ1v) is 8.55. The van der Waals surface area contributed by atoms with Crippen molar-refractivity contribution in [1.29, 1.82) is 0 Å². The van der Waals surface area contributed by atoms with E-state index in [-0.39, 0.29) is 9.23 Å². The third kappa shape index (κ3) is 4.12. The summed E-state index contributed by atoms with van der Waals surface area (Å²) < 4.78 is 10.7. The summed E-state index contributed by atoms with van der Waals surface area (Å²) >= 11 is 6.02. The van der Waals surface area contributed by atoms with Crippen LogP contribution in [-0.4, -0.2) is 52.6 Å². The van der Waals surface area contributed by atoms with Gasteiger partial charge < -0.3 is 24.5 Å². The summed E-state index contributed by atoms with van der Waals surface area (Å²) in [7, 11) is 1.51. The predicted octanol–water partition coefficient (Wildman–Crippen LogP) is 0.406. The van der Waals surface area contributed by atoms with Gasteiger partial charge in [0.25, 0.3) is 5.91 Å². The van der Waals surface area contributed by atoms with Gasteiger partial charge in [0.1, 0.15) is 10.4 Å². The second-order valence-electron chi connectivity index (χ2n) is 4.91. The normalized spacial score (nSPS) is 17.1. The molecule has 1 aliphatic rings. The van der Waals surface area contributed by atoms with Crippen LogP contribution in [0.1, 0.15) is 12.5 Å². The second kappa shape index (κ2) is 8.32. The molecule has 0 bridgehead atoms. The summed E-state index contributed by atoms with van der Waals surface area (Å²) in [6.45, 7) is 1.56. The molecular formula is C16H16NO6S2-. The van der Waals surface area contributed by atoms with Crippen LogP contribution >= 0.6 is 24.0 Å². The average molecular weight is 382 g/mol. The third-order valence-corrected chi connectivity index (χ3v) is 4.70. The van der Waals surface area contributed by atoms with E-state index in [4.69, 9.17) is 21.7 Å². The Morgan fingerprint density at radius 1 is 1.48 bits per heavy atom. The van der Waals surface area contributed by atoms with Crippen LogP contribution < -0.4 is 14.6 Å². The molecule has 0 saturated carbocycles. The summed E-state index contributed by atoms with van der Waals surface area (Å²) in [5.41, 5.74) is 0.662. The van der Waals surface area contributed by atoms with Crippen molar-refractivity contribution in [3.05, 3.63) is 28.7 Å². The number of nitrogens with zero attached hydrogens (tertiary/aromatic N) is 1. The van der Waals surface area contributed by atoms with Gasteiger partial charge in [-0.05, 0) is 30.7 Å². The van der Waals surface area contributed by atoms with Gasteiger partial charge >= 0.3 is 0 Å². The van der Waals surface area contributed by atoms with E-state index in [0.29, 0.717) is 23.7 Å². The van der Waals surface area contributed by atoms with Crippen molar-refractivity contribution < 1.29 is 29.3 Å². The van der Waals surface area contributed by atoms with Crippen LogP contribution in [0.15, 0.2) is 23.1 Å². The minimum Gasteiger partial charge on any atom is -0.548 e. The van der Waals surface area contributed by atoms with E-state index in [0.717, 1.165) is 16.7 Å². The molecule has 1 amide bonds. The molecule has 0 unspecified atom stereocenters. The topological polar surface area (TPSA) is 99.1 Å². The fourth-order valence-corrected chi connectivity index (χ4v) is 3.57. The average Bonchev–Trinajstić information content (AvgIpc) is 2.84. The fraction of sp³-hybridized carbons (Fsp3) is 0.312. The molecule has 134 valence electrons. The van der Waals surface area contributed by atoms with Crippen LogP contribution in [0.3, 0.4) is 0 Å². The van der Waals surface area contributed by atoms with Crippen LogP contribution in [-0.2, 0) is 9.59 Å². The molecule has 1 aliphatic heterocycles. The number of rotatable bonds is 7. The molecule has 0 radical (unpaired) electrons. The number of thiocarbonyl (C=S) groups is 1. The predicted molar refractivity (Wildman–Crippen MR) is 95.1 cm³/mol. The lowest BCUT2D eigenvalue weighted by Gasteiger charge is -2.25. The number of aliphatic hydroxyl groups is 1. The second-order valence-corrected chi connectivity index (χ2v) is 6.59. The number of ether oxygens (including phenoxy) is 2. The van der Waals surface area contributed by atoms with E-state index in [2.05, 4.69) is 0 Å². The SMILES string of the molecule is CCOc1ccc(/C=C2\SC(=S)N([C@@H](CO)C(=O)[O-])C2=O)cc1OC. The molecule has 7 nitrogen and oxygen atoms in total. The quantitative estimate of drug-likeness (QED) is 0.535. The van der Waals surface area contributed by atoms with Gasteiger partial charge in [0.2, 0.25) is 0 Å². The Morgan fingerprint density at radius 3 is 2.76 bits per heavy atom. The van der Waals surface area contributed by atoms with E-state index in [1.54, 1.807) is 24.3 Å². The zero-order chi connectivity index (χ0) is 18.6. The first-order chi connectivity index (χ1) is 11.9. The highest BCUT2D eigenvalue weighted by Crippen LogP contribution is 2.35. The van der Waals surface area contributed by atoms with Gasteiger partial charge in [-0.1, -0.05) is 30.0 Å². The van der Waals surface area contributed by atoms with E-state index in [1.165, 1.54) is 7.11 Å². The molecule has 0 aliphatic carbocycles. The molecule has 1 N–H and O–H groups in total. The van der Waals surface area contributed by atoms with E-state index >= 15 is 0 Å². The Morgan fingerprint density at radius 2 is 2.20 bits per heavy atom. The van der Waals surface area contributed by atoms with E-state index in [1.807, 2.05) is 6.92 Å². The largest absolute Gasteiger partial charge is 0.548 e. The van der Waals surface area contributed by atoms with Crippen LogP contribution in [0.2, 0.25) is 0 Å². The van der Waals surface area contributed by atoms with Gasteiger partial charge in [0.15, 0.2) is 11.5 Å². The Balaban J connectivity index is 2.31. The molecule has 0 aromatic heterocycles. The zero-order valence-electron chi connectivity index (χ0n) is 13.6. The van der Waals surface area contributed by atoms with Gasteiger partial charge in [-0.15, -0.1) is 0 Å². The van der Waals surface area contributed by atoms with Crippen molar-refractivity contribution in [2.45, 2.75) is 13.0 Å². The molecule has 1 fully saturated rings. The van der Waals surface area contributed by atoms with Crippen molar-refractivity contribution in [3.63, 3.8) is 0 Å². The third-order valence-electron chi connectivity index (χ3n) is 3.37. The minimum absolute atomic E-state index is 0.0531. The fourth-order valence-electron chi connectivity index (χ4n) is 2.21. The number of carbonyl (C=O) groups excluding carboxylic acids is 2. The molecule has 9 heteroatoms. The summed E-state index contributed by atoms with van der Waals surface area (Å²) in [5, 5.41) is 20.3. The highest BCUT2D eigenvalue weighted by molar-refractivity contribution is 8.26. The molecule has 25 heavy (non-hydrogen) atoms. The number of benzene rings is 1. The van der Waals surface area contributed by atoms with E-state index < -0.39 is 24.5 Å². The van der Waals surface area contributed by atoms with Crippen molar-refractivity contribution in [2.24, 2.45) is 0 Å². The molecule has 1 saturated heterocycles. The van der Waals surface area contributed by atoms with Gasteiger partial charge in [-0.25, -0.2) is 0 Å². The zero-order valence-corrected chi connectivity index (χ0v) is 15.2. The van der Waals surface area contributed by atoms with Gasteiger partial charge in [0, 0.05) is 0 Å². The van der Waals surface area contributed by atoms with E-state index in [9.17, 15) is 19.8 Å². The van der Waals surface area contributed by atoms with Crippen molar-refractivity contribution in [1.82, 2.24) is 4.90 Å². The number of aliphatic carboxylic acids is 1. The highest BCUT2D eigenvalue weighted by Gasteiger charge is 2.37. The first-order valence-electron chi connectivity index (χ1n) is 7.32. The van der Waals surface area contributed by atoms with Gasteiger partial charge in [-0.2, -0.15) is 0 Å². The summed E-state index contributed by atoms with van der Waals surface area (Å²) in [5.74, 6) is -1.07. The number of aliphatic hydroxyl groups excluding tert-OH is 1. The monoisotopic (exact) mass is 382 g/mol. The summed E-state index contributed by atoms with van der Waals surface area (Å²) in [6, 6.07) is 3.64. The van der Waals surface area contributed by atoms with Crippen LogP contribution in [0.5, 0.6) is 11.5 Å².